The second-order valence-corrected chi connectivity index (χ2v) is 13.2. The lowest BCUT2D eigenvalue weighted by Crippen LogP contribution is -1.98. The Kier molecular flexibility index (Phi) is 5.70. The summed E-state index contributed by atoms with van der Waals surface area (Å²) < 4.78 is 8.87. The van der Waals surface area contributed by atoms with Crippen molar-refractivity contribution in [3.63, 3.8) is 0 Å². The van der Waals surface area contributed by atoms with Gasteiger partial charge in [-0.1, -0.05) is 146 Å². The van der Waals surface area contributed by atoms with Crippen LogP contribution in [0.15, 0.2) is 176 Å². The van der Waals surface area contributed by atoms with Gasteiger partial charge >= 0.3 is 0 Å². The molecule has 0 amide bonds. The number of ether oxygens (including phenoxy) is 1. The standard InChI is InChI=1S/C48H29NO/c1-3-13-35-30(10-1)23-28-43-46(35)42-26-22-31-11-2-4-14-36(31)48(42)49(43)33-24-20-32(21-25-33)34-12-5-6-15-37(34)38-27-29-45-47-40(38)17-9-18-41(47)39-16-7-8-19-44(39)50-45/h1-29H. The Morgan fingerprint density at radius 3 is 1.86 bits per heavy atom. The molecule has 0 aliphatic carbocycles. The van der Waals surface area contributed by atoms with Crippen molar-refractivity contribution >= 4 is 54.1 Å². The topological polar surface area (TPSA) is 14.2 Å². The van der Waals surface area contributed by atoms with Crippen molar-refractivity contribution in [1.82, 2.24) is 4.57 Å². The fourth-order valence-electron chi connectivity index (χ4n) is 8.39. The van der Waals surface area contributed by atoms with Crippen LogP contribution in [0.25, 0.3) is 93.2 Å². The van der Waals surface area contributed by atoms with E-state index < -0.39 is 0 Å². The van der Waals surface area contributed by atoms with Crippen LogP contribution in [0.1, 0.15) is 0 Å². The molecule has 50 heavy (non-hydrogen) atoms. The van der Waals surface area contributed by atoms with E-state index in [9.17, 15) is 0 Å². The van der Waals surface area contributed by atoms with Gasteiger partial charge in [0, 0.05) is 32.8 Å². The quantitative estimate of drug-likeness (QED) is 0.188. The third-order valence-electron chi connectivity index (χ3n) is 10.6. The Morgan fingerprint density at radius 2 is 1.00 bits per heavy atom. The Labute approximate surface area is 289 Å². The highest BCUT2D eigenvalue weighted by atomic mass is 16.5. The molecule has 0 fully saturated rings. The molecule has 0 unspecified atom stereocenters. The summed E-state index contributed by atoms with van der Waals surface area (Å²) in [5.41, 5.74) is 10.8. The van der Waals surface area contributed by atoms with E-state index in [4.69, 9.17) is 4.74 Å². The molecule has 0 N–H and O–H groups in total. The highest BCUT2D eigenvalue weighted by Crippen LogP contribution is 2.49. The number of aromatic nitrogens is 1. The molecule has 0 radical (unpaired) electrons. The molecule has 2 nitrogen and oxygen atoms in total. The molecule has 0 atom stereocenters. The number of benzene rings is 9. The maximum atomic E-state index is 6.41. The van der Waals surface area contributed by atoms with E-state index in [1.54, 1.807) is 0 Å². The summed E-state index contributed by atoms with van der Waals surface area (Å²) in [5.74, 6) is 1.82. The Hall–Kier alpha value is -6.64. The van der Waals surface area contributed by atoms with Crippen molar-refractivity contribution in [2.24, 2.45) is 0 Å². The Bertz CT molecular complexity index is 3000. The van der Waals surface area contributed by atoms with Crippen LogP contribution in [0.3, 0.4) is 0 Å². The lowest BCUT2D eigenvalue weighted by atomic mass is 9.88. The SMILES string of the molecule is c1ccc2c(c1)Oc1ccc(-c3ccccc3-c3ccc(-n4c5ccc6ccccc6c5c5ccc6ccccc6c54)cc3)c3cccc-2c13. The van der Waals surface area contributed by atoms with E-state index in [1.165, 1.54) is 81.9 Å². The Balaban J connectivity index is 1.10. The van der Waals surface area contributed by atoms with Crippen molar-refractivity contribution in [2.75, 3.05) is 0 Å². The van der Waals surface area contributed by atoms with Crippen LogP contribution in [0.5, 0.6) is 11.5 Å². The molecule has 1 aliphatic rings. The predicted molar refractivity (Wildman–Crippen MR) is 210 cm³/mol. The first kappa shape index (κ1) is 27.3. The van der Waals surface area contributed by atoms with Crippen molar-refractivity contribution in [2.45, 2.75) is 0 Å². The van der Waals surface area contributed by atoms with Crippen molar-refractivity contribution in [3.05, 3.63) is 176 Å². The lowest BCUT2D eigenvalue weighted by Gasteiger charge is -2.23. The molecule has 0 bridgehead atoms. The average molecular weight is 636 g/mol. The molecule has 11 rings (SSSR count). The van der Waals surface area contributed by atoms with E-state index in [-0.39, 0.29) is 0 Å². The first-order chi connectivity index (χ1) is 24.8. The summed E-state index contributed by atoms with van der Waals surface area (Å²) in [6.07, 6.45) is 0. The van der Waals surface area contributed by atoms with Gasteiger partial charge in [-0.05, 0) is 79.7 Å². The molecule has 1 aromatic heterocycles. The van der Waals surface area contributed by atoms with Gasteiger partial charge in [-0.25, -0.2) is 0 Å². The zero-order valence-corrected chi connectivity index (χ0v) is 27.1. The third-order valence-corrected chi connectivity index (χ3v) is 10.6. The summed E-state index contributed by atoms with van der Waals surface area (Å²) in [6.45, 7) is 0. The summed E-state index contributed by atoms with van der Waals surface area (Å²) in [5, 5.41) is 9.98. The predicted octanol–water partition coefficient (Wildman–Crippen LogP) is 13.3. The molecule has 0 saturated carbocycles. The van der Waals surface area contributed by atoms with Crippen LogP contribution in [0, 0.1) is 0 Å². The minimum Gasteiger partial charge on any atom is -0.456 e. The molecular formula is C48H29NO. The normalized spacial score (nSPS) is 12.2. The first-order valence-corrected chi connectivity index (χ1v) is 17.2. The van der Waals surface area contributed by atoms with Gasteiger partial charge < -0.3 is 9.30 Å². The zero-order valence-electron chi connectivity index (χ0n) is 27.1. The maximum Gasteiger partial charge on any atom is 0.135 e. The highest BCUT2D eigenvalue weighted by Gasteiger charge is 2.22. The zero-order chi connectivity index (χ0) is 32.8. The second kappa shape index (κ2) is 10.4. The van der Waals surface area contributed by atoms with Gasteiger partial charge in [0.2, 0.25) is 0 Å². The summed E-state index contributed by atoms with van der Waals surface area (Å²) in [7, 11) is 0. The van der Waals surface area contributed by atoms with E-state index in [0.717, 1.165) is 22.7 Å². The van der Waals surface area contributed by atoms with E-state index in [2.05, 4.69) is 168 Å². The number of hydrogen-bond acceptors (Lipinski definition) is 1. The molecular weight excluding hydrogens is 607 g/mol. The van der Waals surface area contributed by atoms with Gasteiger partial charge in [0.25, 0.3) is 0 Å². The molecule has 0 saturated heterocycles. The fraction of sp³-hybridized carbons (Fsp3) is 0. The smallest absolute Gasteiger partial charge is 0.135 e. The molecule has 2 heterocycles. The summed E-state index contributed by atoms with van der Waals surface area (Å²) in [6, 6.07) is 63.7. The van der Waals surface area contributed by atoms with Gasteiger partial charge in [0.15, 0.2) is 0 Å². The average Bonchev–Trinajstić information content (AvgIpc) is 3.54. The van der Waals surface area contributed by atoms with Crippen molar-refractivity contribution in [3.8, 4) is 50.6 Å². The number of rotatable bonds is 3. The van der Waals surface area contributed by atoms with Crippen molar-refractivity contribution in [1.29, 1.82) is 0 Å². The Morgan fingerprint density at radius 1 is 0.340 bits per heavy atom. The third kappa shape index (κ3) is 3.85. The summed E-state index contributed by atoms with van der Waals surface area (Å²) in [4.78, 5) is 0. The number of para-hydroxylation sites is 1. The fourth-order valence-corrected chi connectivity index (χ4v) is 8.39. The minimum atomic E-state index is 0.908. The van der Waals surface area contributed by atoms with E-state index in [1.807, 2.05) is 12.1 Å². The van der Waals surface area contributed by atoms with Gasteiger partial charge in [0.05, 0.1) is 11.0 Å². The van der Waals surface area contributed by atoms with Gasteiger partial charge in [-0.2, -0.15) is 0 Å². The van der Waals surface area contributed by atoms with Crippen LogP contribution in [-0.4, -0.2) is 4.57 Å². The number of fused-ring (bicyclic) bond motifs is 9. The first-order valence-electron chi connectivity index (χ1n) is 17.2. The molecule has 9 aromatic carbocycles. The number of nitrogens with zero attached hydrogens (tertiary/aromatic N) is 1. The largest absolute Gasteiger partial charge is 0.456 e. The maximum absolute atomic E-state index is 6.41. The second-order valence-electron chi connectivity index (χ2n) is 13.2. The summed E-state index contributed by atoms with van der Waals surface area (Å²) >= 11 is 0. The van der Waals surface area contributed by atoms with Gasteiger partial charge in [-0.15, -0.1) is 0 Å². The van der Waals surface area contributed by atoms with Crippen LogP contribution in [0.4, 0.5) is 0 Å². The van der Waals surface area contributed by atoms with E-state index in [0.29, 0.717) is 0 Å². The van der Waals surface area contributed by atoms with Gasteiger partial charge in [-0.3, -0.25) is 0 Å². The van der Waals surface area contributed by atoms with Crippen molar-refractivity contribution < 1.29 is 4.74 Å². The molecule has 2 heteroatoms. The minimum absolute atomic E-state index is 0.908. The van der Waals surface area contributed by atoms with Crippen LogP contribution in [0.2, 0.25) is 0 Å². The van der Waals surface area contributed by atoms with E-state index >= 15 is 0 Å². The molecule has 1 aliphatic heterocycles. The molecule has 10 aromatic rings. The monoisotopic (exact) mass is 635 g/mol. The van der Waals surface area contributed by atoms with Gasteiger partial charge in [0.1, 0.15) is 11.5 Å². The van der Waals surface area contributed by atoms with Crippen LogP contribution < -0.4 is 4.74 Å². The lowest BCUT2D eigenvalue weighted by molar-refractivity contribution is 0.487. The highest BCUT2D eigenvalue weighted by molar-refractivity contribution is 6.26. The van der Waals surface area contributed by atoms with Crippen LogP contribution >= 0.6 is 0 Å². The number of hydrogen-bond donors (Lipinski definition) is 0. The van der Waals surface area contributed by atoms with Crippen LogP contribution in [-0.2, 0) is 0 Å². The molecule has 232 valence electrons. The molecule has 0 spiro atoms.